The van der Waals surface area contributed by atoms with Crippen molar-refractivity contribution in [3.05, 3.63) is 81.7 Å². The summed E-state index contributed by atoms with van der Waals surface area (Å²) in [5.74, 6) is 0. The third-order valence-electron chi connectivity index (χ3n) is 4.90. The first-order chi connectivity index (χ1) is 11.1. The molecular weight excluding hydrogens is 462 g/mol. The fourth-order valence-corrected chi connectivity index (χ4v) is 14.7. The van der Waals surface area contributed by atoms with Gasteiger partial charge in [-0.2, -0.15) is 0 Å². The maximum atomic E-state index is 2.51. The Hall–Kier alpha value is -0.780. The van der Waals surface area contributed by atoms with Crippen LogP contribution in [-0.4, -0.2) is 13.3 Å². The third-order valence-corrected chi connectivity index (χ3v) is 14.6. The van der Waals surface area contributed by atoms with Gasteiger partial charge in [-0.1, -0.05) is 0 Å². The molecule has 0 amide bonds. The Bertz CT molecular complexity index is 816. The normalized spacial score (nSPS) is 21.7. The van der Waals surface area contributed by atoms with Crippen molar-refractivity contribution in [3.63, 3.8) is 0 Å². The number of allylic oxidation sites excluding steroid dienone is 2. The summed E-state index contributed by atoms with van der Waals surface area (Å²) in [5, 5.41) is 1.75. The monoisotopic (exact) mass is 484 g/mol. The zero-order valence-corrected chi connectivity index (χ0v) is 18.4. The summed E-state index contributed by atoms with van der Waals surface area (Å²) in [7, 11) is 0.00124. The summed E-state index contributed by atoms with van der Waals surface area (Å²) >= 11 is -0.920. The Balaban J connectivity index is 1.71. The Morgan fingerprint density at radius 1 is 0.783 bits per heavy atom. The second-order valence-corrected chi connectivity index (χ2v) is 14.3. The second kappa shape index (κ2) is 6.26. The molecule has 2 atom stereocenters. The number of hydrogen-bond donors (Lipinski definition) is 0. The molecule has 0 saturated heterocycles. The molecule has 2 unspecified atom stereocenters. The predicted molar refractivity (Wildman–Crippen MR) is 98.8 cm³/mol. The van der Waals surface area contributed by atoms with Crippen LogP contribution in [-0.2, 0) is 22.9 Å². The van der Waals surface area contributed by atoms with Crippen molar-refractivity contribution >= 4 is 20.1 Å². The Morgan fingerprint density at radius 2 is 1.35 bits per heavy atom. The van der Waals surface area contributed by atoms with Crippen LogP contribution in [0.2, 0.25) is 0 Å². The van der Waals surface area contributed by atoms with E-state index < -0.39 is 22.9 Å². The standard InChI is InChI=1S/C11H12P.C10H9.Hf/c1-12(2)11-7-9-5-3-4-6-10(9)8-11;1-8-6-9-4-2-3-5-10(9)7-8;/h3-8H,1-2H3;2-7H,1H3;. The van der Waals surface area contributed by atoms with Gasteiger partial charge in [0.1, 0.15) is 0 Å². The van der Waals surface area contributed by atoms with Crippen molar-refractivity contribution in [1.29, 1.82) is 0 Å². The molecule has 0 spiro atoms. The van der Waals surface area contributed by atoms with Crippen LogP contribution in [0.25, 0.3) is 12.2 Å². The van der Waals surface area contributed by atoms with Crippen LogP contribution in [0.5, 0.6) is 0 Å². The van der Waals surface area contributed by atoms with E-state index >= 15 is 0 Å². The molecule has 2 aliphatic carbocycles. The van der Waals surface area contributed by atoms with Gasteiger partial charge in [-0.3, -0.25) is 0 Å². The quantitative estimate of drug-likeness (QED) is 0.368. The average Bonchev–Trinajstić information content (AvgIpc) is 3.07. The number of fused-ring (bicyclic) bond motifs is 2. The summed E-state index contributed by atoms with van der Waals surface area (Å²) in [5.41, 5.74) is 7.79. The summed E-state index contributed by atoms with van der Waals surface area (Å²) in [6, 6.07) is 18.1. The number of benzene rings is 2. The second-order valence-electron chi connectivity index (χ2n) is 6.64. The molecule has 0 aromatic heterocycles. The van der Waals surface area contributed by atoms with Crippen LogP contribution in [0.4, 0.5) is 0 Å². The molecule has 2 heteroatoms. The zero-order chi connectivity index (χ0) is 16.0. The molecule has 0 nitrogen and oxygen atoms in total. The van der Waals surface area contributed by atoms with E-state index in [1.807, 2.05) is 0 Å². The van der Waals surface area contributed by atoms with Gasteiger partial charge in [0, 0.05) is 0 Å². The summed E-state index contributed by atoms with van der Waals surface area (Å²) in [6.45, 7) is 7.20. The van der Waals surface area contributed by atoms with Crippen molar-refractivity contribution in [2.45, 2.75) is 14.3 Å². The fraction of sp³-hybridized carbons (Fsp3) is 0.238. The molecule has 0 aliphatic heterocycles. The van der Waals surface area contributed by atoms with Crippen molar-refractivity contribution in [2.24, 2.45) is 0 Å². The maximum absolute atomic E-state index is 2.51. The molecule has 114 valence electrons. The predicted octanol–water partition coefficient (Wildman–Crippen LogP) is 6.06. The molecule has 0 radical (unpaired) electrons. The van der Waals surface area contributed by atoms with Gasteiger partial charge >= 0.3 is 152 Å². The van der Waals surface area contributed by atoms with Crippen LogP contribution >= 0.6 is 7.92 Å². The van der Waals surface area contributed by atoms with E-state index in [0.29, 0.717) is 0 Å². The van der Waals surface area contributed by atoms with E-state index in [0.717, 1.165) is 7.35 Å². The Morgan fingerprint density at radius 3 is 2.00 bits per heavy atom. The first-order valence-corrected chi connectivity index (χ1v) is 14.5. The van der Waals surface area contributed by atoms with Crippen molar-refractivity contribution in [3.8, 4) is 0 Å². The molecule has 0 fully saturated rings. The van der Waals surface area contributed by atoms with E-state index in [9.17, 15) is 0 Å². The SMILES string of the molecule is CC1=Cc2ccccc2[CH]1[Hf][CH]1C(P(C)C)=Cc2ccccc21. The zero-order valence-electron chi connectivity index (χ0n) is 13.9. The van der Waals surface area contributed by atoms with Gasteiger partial charge in [0.2, 0.25) is 0 Å². The van der Waals surface area contributed by atoms with E-state index in [4.69, 9.17) is 0 Å². The first-order valence-electron chi connectivity index (χ1n) is 8.16. The molecule has 4 rings (SSSR count). The van der Waals surface area contributed by atoms with Crippen LogP contribution in [0, 0.1) is 0 Å². The van der Waals surface area contributed by atoms with Gasteiger partial charge in [0.15, 0.2) is 0 Å². The van der Waals surface area contributed by atoms with Crippen molar-refractivity contribution in [2.75, 3.05) is 13.3 Å². The topological polar surface area (TPSA) is 0 Å². The molecule has 0 N–H and O–H groups in total. The minimum absolute atomic E-state index is 0.00124. The van der Waals surface area contributed by atoms with Crippen molar-refractivity contribution < 1.29 is 22.9 Å². The molecule has 23 heavy (non-hydrogen) atoms. The molecule has 0 bridgehead atoms. The van der Waals surface area contributed by atoms with Gasteiger partial charge in [0.05, 0.1) is 0 Å². The van der Waals surface area contributed by atoms with Crippen LogP contribution in [0.3, 0.4) is 0 Å². The molecular formula is C21H21HfP. The van der Waals surface area contributed by atoms with Gasteiger partial charge in [-0.25, -0.2) is 0 Å². The summed E-state index contributed by atoms with van der Waals surface area (Å²) in [4.78, 5) is 0. The summed E-state index contributed by atoms with van der Waals surface area (Å²) in [6.07, 6.45) is 4.94. The van der Waals surface area contributed by atoms with Crippen molar-refractivity contribution in [1.82, 2.24) is 0 Å². The molecule has 0 saturated carbocycles. The molecule has 2 aromatic rings. The Labute approximate surface area is 151 Å². The Kier molecular flexibility index (Phi) is 4.28. The van der Waals surface area contributed by atoms with Gasteiger partial charge in [0.25, 0.3) is 0 Å². The van der Waals surface area contributed by atoms with E-state index in [2.05, 4.69) is 80.9 Å². The van der Waals surface area contributed by atoms with E-state index in [1.165, 1.54) is 11.1 Å². The van der Waals surface area contributed by atoms with Gasteiger partial charge in [-0.05, 0) is 0 Å². The first kappa shape index (κ1) is 15.7. The number of hydrogen-bond acceptors (Lipinski definition) is 0. The average molecular weight is 483 g/mol. The third kappa shape index (κ3) is 2.77. The number of rotatable bonds is 3. The minimum atomic E-state index is -0.920. The van der Waals surface area contributed by atoms with E-state index in [-0.39, 0.29) is 7.92 Å². The van der Waals surface area contributed by atoms with Gasteiger partial charge < -0.3 is 0 Å². The van der Waals surface area contributed by atoms with E-state index in [1.54, 1.807) is 22.0 Å². The van der Waals surface area contributed by atoms with Crippen LogP contribution in [0.1, 0.15) is 36.5 Å². The van der Waals surface area contributed by atoms with Crippen LogP contribution < -0.4 is 0 Å². The molecule has 2 aromatic carbocycles. The molecule has 2 aliphatic rings. The van der Waals surface area contributed by atoms with Crippen LogP contribution in [0.15, 0.2) is 59.4 Å². The summed E-state index contributed by atoms with van der Waals surface area (Å²) < 4.78 is 1.55. The fourth-order valence-electron chi connectivity index (χ4n) is 3.74. The van der Waals surface area contributed by atoms with Gasteiger partial charge in [-0.15, -0.1) is 0 Å². The molecule has 0 heterocycles.